The molecule has 0 aromatic rings. The Morgan fingerprint density at radius 3 is 2.52 bits per heavy atom. The smallest absolute Gasteiger partial charge is 0.228 e. The Morgan fingerprint density at radius 1 is 1.19 bits per heavy atom. The van der Waals surface area contributed by atoms with Crippen molar-refractivity contribution in [2.75, 3.05) is 39.0 Å². The van der Waals surface area contributed by atoms with Gasteiger partial charge in [0.25, 0.3) is 0 Å². The molecule has 2 saturated heterocycles. The van der Waals surface area contributed by atoms with Crippen LogP contribution in [0.25, 0.3) is 0 Å². The Bertz CT molecular complexity index is 477. The van der Waals surface area contributed by atoms with Gasteiger partial charge in [0.1, 0.15) is 0 Å². The molecule has 2 rings (SSSR count). The molecule has 2 atom stereocenters. The zero-order chi connectivity index (χ0) is 15.6. The van der Waals surface area contributed by atoms with E-state index in [1.165, 1.54) is 10.6 Å². The molecule has 0 spiro atoms. The lowest BCUT2D eigenvalue weighted by Gasteiger charge is -2.28. The summed E-state index contributed by atoms with van der Waals surface area (Å²) in [5.41, 5.74) is 0. The first-order valence-corrected chi connectivity index (χ1v) is 9.51. The van der Waals surface area contributed by atoms with Crippen LogP contribution in [-0.4, -0.2) is 68.7 Å². The maximum absolute atomic E-state index is 12.7. The number of hydrogen-bond acceptors (Lipinski definition) is 4. The molecular formula is C14H26N2O4S. The fraction of sp³-hybridized carbons (Fsp3) is 0.929. The molecule has 0 aliphatic carbocycles. The van der Waals surface area contributed by atoms with Gasteiger partial charge >= 0.3 is 0 Å². The fourth-order valence-corrected chi connectivity index (χ4v) is 4.09. The molecule has 122 valence electrons. The Morgan fingerprint density at radius 2 is 1.90 bits per heavy atom. The van der Waals surface area contributed by atoms with Gasteiger partial charge in [0.05, 0.1) is 18.3 Å². The normalized spacial score (nSPS) is 28.9. The van der Waals surface area contributed by atoms with Crippen molar-refractivity contribution < 1.29 is 17.9 Å². The van der Waals surface area contributed by atoms with E-state index in [0.29, 0.717) is 45.1 Å². The van der Waals surface area contributed by atoms with Crippen LogP contribution >= 0.6 is 0 Å². The van der Waals surface area contributed by atoms with Crippen molar-refractivity contribution in [1.82, 2.24) is 9.21 Å². The second-order valence-corrected chi connectivity index (χ2v) is 8.30. The Hall–Kier alpha value is -0.660. The van der Waals surface area contributed by atoms with Crippen molar-refractivity contribution in [3.8, 4) is 0 Å². The summed E-state index contributed by atoms with van der Waals surface area (Å²) in [4.78, 5) is 14.5. The zero-order valence-electron chi connectivity index (χ0n) is 13.1. The second-order valence-electron chi connectivity index (χ2n) is 6.32. The van der Waals surface area contributed by atoms with Crippen LogP contribution in [-0.2, 0) is 19.6 Å². The summed E-state index contributed by atoms with van der Waals surface area (Å²) in [6.45, 7) is 6.79. The van der Waals surface area contributed by atoms with Crippen molar-refractivity contribution in [2.24, 2.45) is 11.8 Å². The lowest BCUT2D eigenvalue weighted by Crippen LogP contribution is -2.43. The molecule has 1 amide bonds. The van der Waals surface area contributed by atoms with E-state index in [1.807, 2.05) is 4.90 Å². The molecule has 0 aromatic heterocycles. The molecule has 7 heteroatoms. The van der Waals surface area contributed by atoms with Gasteiger partial charge in [-0.05, 0) is 18.8 Å². The molecule has 2 aliphatic heterocycles. The van der Waals surface area contributed by atoms with E-state index < -0.39 is 10.0 Å². The molecule has 2 heterocycles. The average molecular weight is 318 g/mol. The molecular weight excluding hydrogens is 292 g/mol. The van der Waals surface area contributed by atoms with Crippen LogP contribution in [0.2, 0.25) is 0 Å². The Labute approximate surface area is 127 Å². The van der Waals surface area contributed by atoms with Gasteiger partial charge < -0.3 is 9.64 Å². The van der Waals surface area contributed by atoms with Crippen LogP contribution in [0.15, 0.2) is 0 Å². The van der Waals surface area contributed by atoms with E-state index in [4.69, 9.17) is 4.74 Å². The highest BCUT2D eigenvalue weighted by Gasteiger charge is 2.38. The van der Waals surface area contributed by atoms with Gasteiger partial charge in [-0.1, -0.05) is 13.8 Å². The first-order chi connectivity index (χ1) is 9.80. The van der Waals surface area contributed by atoms with Gasteiger partial charge in [-0.25, -0.2) is 12.7 Å². The number of nitrogens with zero attached hydrogens (tertiary/aromatic N) is 2. The van der Waals surface area contributed by atoms with E-state index >= 15 is 0 Å². The largest absolute Gasteiger partial charge is 0.377 e. The van der Waals surface area contributed by atoms with Gasteiger partial charge in [-0.3, -0.25) is 4.79 Å². The number of carbonyl (C=O) groups is 1. The van der Waals surface area contributed by atoms with Gasteiger partial charge in [0.2, 0.25) is 15.9 Å². The molecule has 2 aliphatic rings. The van der Waals surface area contributed by atoms with Crippen molar-refractivity contribution >= 4 is 15.9 Å². The maximum Gasteiger partial charge on any atom is 0.228 e. The van der Waals surface area contributed by atoms with Crippen LogP contribution < -0.4 is 0 Å². The molecule has 0 N–H and O–H groups in total. The summed E-state index contributed by atoms with van der Waals surface area (Å²) in [5, 5.41) is 0. The minimum absolute atomic E-state index is 0.00763. The molecule has 0 saturated carbocycles. The first-order valence-electron chi connectivity index (χ1n) is 7.66. The molecule has 2 unspecified atom stereocenters. The highest BCUT2D eigenvalue weighted by atomic mass is 32.2. The monoisotopic (exact) mass is 318 g/mol. The number of sulfonamides is 1. The summed E-state index contributed by atoms with van der Waals surface area (Å²) in [6, 6.07) is 0. The molecule has 2 fully saturated rings. The molecule has 0 radical (unpaired) electrons. The van der Waals surface area contributed by atoms with Crippen LogP contribution in [0, 0.1) is 11.8 Å². The average Bonchev–Trinajstić information content (AvgIpc) is 2.73. The van der Waals surface area contributed by atoms with Crippen LogP contribution in [0.1, 0.15) is 26.7 Å². The molecule has 6 nitrogen and oxygen atoms in total. The van der Waals surface area contributed by atoms with E-state index in [9.17, 15) is 13.2 Å². The van der Waals surface area contributed by atoms with E-state index in [1.54, 1.807) is 0 Å². The van der Waals surface area contributed by atoms with Gasteiger partial charge in [-0.15, -0.1) is 0 Å². The van der Waals surface area contributed by atoms with E-state index in [0.717, 1.165) is 6.42 Å². The summed E-state index contributed by atoms with van der Waals surface area (Å²) >= 11 is 0. The van der Waals surface area contributed by atoms with Crippen molar-refractivity contribution in [2.45, 2.75) is 32.8 Å². The number of carbonyl (C=O) groups excluding carboxylic acids is 1. The molecule has 0 bridgehead atoms. The highest BCUT2D eigenvalue weighted by Crippen LogP contribution is 2.28. The Balaban J connectivity index is 2.00. The quantitative estimate of drug-likeness (QED) is 0.762. The van der Waals surface area contributed by atoms with Crippen LogP contribution in [0.5, 0.6) is 0 Å². The van der Waals surface area contributed by atoms with Crippen molar-refractivity contribution in [3.63, 3.8) is 0 Å². The predicted octanol–water partition coefficient (Wildman–Crippen LogP) is 0.541. The number of amides is 1. The third-order valence-electron chi connectivity index (χ3n) is 4.35. The lowest BCUT2D eigenvalue weighted by atomic mass is 9.92. The summed E-state index contributed by atoms with van der Waals surface area (Å²) < 4.78 is 30.4. The van der Waals surface area contributed by atoms with Crippen LogP contribution in [0.4, 0.5) is 0 Å². The third kappa shape index (κ3) is 3.96. The Kier molecular flexibility index (Phi) is 5.27. The number of hydrogen-bond donors (Lipinski definition) is 0. The van der Waals surface area contributed by atoms with E-state index in [-0.39, 0.29) is 17.9 Å². The third-order valence-corrected chi connectivity index (χ3v) is 5.65. The van der Waals surface area contributed by atoms with Crippen molar-refractivity contribution in [3.05, 3.63) is 0 Å². The summed E-state index contributed by atoms with van der Waals surface area (Å²) in [6.07, 6.45) is 2.68. The minimum Gasteiger partial charge on any atom is -0.377 e. The SMILES string of the molecule is CC(C)C1OCCC1C(=O)N1CCCN(S(C)(=O)=O)CC1. The van der Waals surface area contributed by atoms with Crippen LogP contribution in [0.3, 0.4) is 0 Å². The zero-order valence-corrected chi connectivity index (χ0v) is 13.9. The highest BCUT2D eigenvalue weighted by molar-refractivity contribution is 7.88. The predicted molar refractivity (Wildman–Crippen MR) is 80.3 cm³/mol. The topological polar surface area (TPSA) is 66.9 Å². The summed E-state index contributed by atoms with van der Waals surface area (Å²) in [7, 11) is -3.17. The summed E-state index contributed by atoms with van der Waals surface area (Å²) in [5.74, 6) is 0.372. The fourth-order valence-electron chi connectivity index (χ4n) is 3.21. The van der Waals surface area contributed by atoms with Gasteiger partial charge in [-0.2, -0.15) is 0 Å². The van der Waals surface area contributed by atoms with Gasteiger partial charge in [0.15, 0.2) is 0 Å². The molecule has 0 aromatic carbocycles. The van der Waals surface area contributed by atoms with Gasteiger partial charge in [0, 0.05) is 32.8 Å². The van der Waals surface area contributed by atoms with E-state index in [2.05, 4.69) is 13.8 Å². The number of ether oxygens (including phenoxy) is 1. The molecule has 21 heavy (non-hydrogen) atoms. The minimum atomic E-state index is -3.17. The lowest BCUT2D eigenvalue weighted by molar-refractivity contribution is -0.138. The second kappa shape index (κ2) is 6.62. The number of rotatable bonds is 3. The maximum atomic E-state index is 12.7. The standard InChI is InChI=1S/C14H26N2O4S/c1-11(2)13-12(5-10-20-13)14(17)15-6-4-7-16(9-8-15)21(3,18)19/h11-13H,4-10H2,1-3H3. The van der Waals surface area contributed by atoms with Crippen molar-refractivity contribution in [1.29, 1.82) is 0 Å². The first kappa shape index (κ1) is 16.7.